The van der Waals surface area contributed by atoms with E-state index >= 15 is 0 Å². The standard InChI is InChI=1S/C30H39F3N6O5/c1-29(2)15-22-25(23(40)16-29)26(30(31,32)33)38-39(22)19-11-12-20(27(34)42)21(14-19)36-17-7-9-18(10-8-17)37-24(41)6-4-3-5-13-35-28(43)44/h11-12,14,17-18,35-36H,3-10,13,15-16H2,1-2H3,(H2,34,42)(H,37,41)(H,43,44). The quantitative estimate of drug-likeness (QED) is 0.225. The van der Waals surface area contributed by atoms with Crippen LogP contribution in [-0.4, -0.2) is 57.2 Å². The van der Waals surface area contributed by atoms with Gasteiger partial charge in [-0.25, -0.2) is 9.48 Å². The molecule has 0 bridgehead atoms. The minimum Gasteiger partial charge on any atom is -0.465 e. The van der Waals surface area contributed by atoms with E-state index in [0.29, 0.717) is 57.2 Å². The zero-order valence-corrected chi connectivity index (χ0v) is 24.9. The monoisotopic (exact) mass is 620 g/mol. The van der Waals surface area contributed by atoms with Gasteiger partial charge < -0.3 is 26.8 Å². The van der Waals surface area contributed by atoms with Gasteiger partial charge in [0.1, 0.15) is 0 Å². The Hall–Kier alpha value is -4.10. The van der Waals surface area contributed by atoms with Crippen LogP contribution in [0.4, 0.5) is 23.7 Å². The molecule has 2 aromatic rings. The van der Waals surface area contributed by atoms with Crippen LogP contribution in [0.2, 0.25) is 0 Å². The predicted molar refractivity (Wildman–Crippen MR) is 156 cm³/mol. The van der Waals surface area contributed by atoms with E-state index < -0.39 is 40.6 Å². The summed E-state index contributed by atoms with van der Waals surface area (Å²) in [5.41, 5.74) is 4.45. The molecule has 0 spiro atoms. The minimum absolute atomic E-state index is 0.00606. The molecule has 0 unspecified atom stereocenters. The number of hydrogen-bond donors (Lipinski definition) is 5. The van der Waals surface area contributed by atoms with Crippen LogP contribution < -0.4 is 21.7 Å². The van der Waals surface area contributed by atoms with Crippen molar-refractivity contribution in [2.45, 2.75) is 96.3 Å². The maximum Gasteiger partial charge on any atom is 0.435 e. The molecule has 4 rings (SSSR count). The highest BCUT2D eigenvalue weighted by molar-refractivity contribution is 6.00. The summed E-state index contributed by atoms with van der Waals surface area (Å²) in [4.78, 5) is 47.9. The first-order valence-corrected chi connectivity index (χ1v) is 14.8. The number of carbonyl (C=O) groups excluding carboxylic acids is 3. The topological polar surface area (TPSA) is 168 Å². The van der Waals surface area contributed by atoms with Crippen LogP contribution in [0.25, 0.3) is 5.69 Å². The number of hydrogen-bond acceptors (Lipinski definition) is 6. The molecule has 1 aromatic carbocycles. The molecule has 2 aliphatic carbocycles. The largest absolute Gasteiger partial charge is 0.465 e. The molecule has 1 heterocycles. The van der Waals surface area contributed by atoms with Gasteiger partial charge in [0.2, 0.25) is 5.91 Å². The lowest BCUT2D eigenvalue weighted by atomic mass is 9.75. The number of ketones is 1. The van der Waals surface area contributed by atoms with Gasteiger partial charge >= 0.3 is 12.3 Å². The van der Waals surface area contributed by atoms with E-state index in [1.807, 2.05) is 13.8 Å². The molecule has 11 nitrogen and oxygen atoms in total. The molecule has 0 radical (unpaired) electrons. The Bertz CT molecular complexity index is 1410. The first-order valence-electron chi connectivity index (χ1n) is 14.8. The van der Waals surface area contributed by atoms with Crippen molar-refractivity contribution in [1.82, 2.24) is 20.4 Å². The molecule has 3 amide bonds. The second kappa shape index (κ2) is 13.3. The fourth-order valence-electron chi connectivity index (χ4n) is 6.04. The number of unbranched alkanes of at least 4 members (excludes halogenated alkanes) is 2. The van der Waals surface area contributed by atoms with Crippen LogP contribution in [-0.2, 0) is 17.4 Å². The number of amides is 3. The van der Waals surface area contributed by atoms with E-state index in [0.717, 1.165) is 11.1 Å². The first kappa shape index (κ1) is 32.8. The van der Waals surface area contributed by atoms with Crippen molar-refractivity contribution in [3.8, 4) is 5.69 Å². The Labute approximate surface area is 253 Å². The molecule has 44 heavy (non-hydrogen) atoms. The summed E-state index contributed by atoms with van der Waals surface area (Å²) < 4.78 is 42.9. The van der Waals surface area contributed by atoms with Crippen LogP contribution in [0.3, 0.4) is 0 Å². The second-order valence-corrected chi connectivity index (χ2v) is 12.4. The van der Waals surface area contributed by atoms with Gasteiger partial charge in [-0.2, -0.15) is 18.3 Å². The van der Waals surface area contributed by atoms with Gasteiger partial charge in [0.25, 0.3) is 5.91 Å². The zero-order chi connectivity index (χ0) is 32.2. The van der Waals surface area contributed by atoms with Gasteiger partial charge in [-0.15, -0.1) is 0 Å². The van der Waals surface area contributed by atoms with E-state index in [-0.39, 0.29) is 47.8 Å². The van der Waals surface area contributed by atoms with Crippen molar-refractivity contribution in [2.24, 2.45) is 11.1 Å². The molecule has 14 heteroatoms. The molecular formula is C30H39F3N6O5. The Morgan fingerprint density at radius 1 is 1.07 bits per heavy atom. The third kappa shape index (κ3) is 8.08. The summed E-state index contributed by atoms with van der Waals surface area (Å²) >= 11 is 0. The number of Topliss-reactive ketones (excluding diaryl/α,β-unsaturated/α-hetero) is 1. The molecule has 2 aliphatic rings. The van der Waals surface area contributed by atoms with Crippen molar-refractivity contribution in [1.29, 1.82) is 0 Å². The summed E-state index contributed by atoms with van der Waals surface area (Å²) in [5.74, 6) is -1.36. The van der Waals surface area contributed by atoms with Crippen LogP contribution in [0.15, 0.2) is 18.2 Å². The summed E-state index contributed by atoms with van der Waals surface area (Å²) in [6.45, 7) is 4.00. The SMILES string of the molecule is CC1(C)CC(=O)c2c(C(F)(F)F)nn(-c3ccc(C(N)=O)c(NC4CCC(NC(=O)CCCCCNC(=O)O)CC4)c3)c2C1. The van der Waals surface area contributed by atoms with Gasteiger partial charge in [-0.05, 0) is 68.6 Å². The summed E-state index contributed by atoms with van der Waals surface area (Å²) in [6, 6.07) is 4.38. The Morgan fingerprint density at radius 2 is 1.75 bits per heavy atom. The zero-order valence-electron chi connectivity index (χ0n) is 24.9. The molecule has 0 saturated heterocycles. The Kier molecular flexibility index (Phi) is 9.89. The second-order valence-electron chi connectivity index (χ2n) is 12.4. The first-order chi connectivity index (χ1) is 20.6. The van der Waals surface area contributed by atoms with Gasteiger partial charge in [0.05, 0.1) is 22.5 Å². The number of halogens is 3. The van der Waals surface area contributed by atoms with Crippen molar-refractivity contribution in [3.63, 3.8) is 0 Å². The summed E-state index contributed by atoms with van der Waals surface area (Å²) in [6.07, 6.45) is -0.538. The lowest BCUT2D eigenvalue weighted by Gasteiger charge is -2.31. The third-order valence-electron chi connectivity index (χ3n) is 8.14. The van der Waals surface area contributed by atoms with Gasteiger partial charge in [0, 0.05) is 37.2 Å². The van der Waals surface area contributed by atoms with E-state index in [2.05, 4.69) is 21.0 Å². The lowest BCUT2D eigenvalue weighted by molar-refractivity contribution is -0.141. The number of fused-ring (bicyclic) bond motifs is 1. The number of carboxylic acid groups (broad SMARTS) is 1. The number of anilines is 1. The number of nitrogens with two attached hydrogens (primary N) is 1. The molecule has 0 aliphatic heterocycles. The average molecular weight is 621 g/mol. The van der Waals surface area contributed by atoms with Crippen LogP contribution in [0.5, 0.6) is 0 Å². The van der Waals surface area contributed by atoms with Gasteiger partial charge in [-0.3, -0.25) is 14.4 Å². The van der Waals surface area contributed by atoms with Crippen LogP contribution in [0.1, 0.15) is 104 Å². The maximum atomic E-state index is 13.9. The maximum absolute atomic E-state index is 13.9. The fourth-order valence-corrected chi connectivity index (χ4v) is 6.04. The van der Waals surface area contributed by atoms with E-state index in [9.17, 15) is 32.3 Å². The number of benzene rings is 1. The molecule has 1 aromatic heterocycles. The number of rotatable bonds is 11. The van der Waals surface area contributed by atoms with Crippen LogP contribution in [0, 0.1) is 5.41 Å². The Morgan fingerprint density at radius 3 is 2.39 bits per heavy atom. The molecular weight excluding hydrogens is 581 g/mol. The number of aromatic nitrogens is 2. The summed E-state index contributed by atoms with van der Waals surface area (Å²) in [7, 11) is 0. The third-order valence-corrected chi connectivity index (χ3v) is 8.14. The van der Waals surface area contributed by atoms with Crippen molar-refractivity contribution >= 4 is 29.4 Å². The smallest absolute Gasteiger partial charge is 0.435 e. The molecule has 240 valence electrons. The van der Waals surface area contributed by atoms with Crippen molar-refractivity contribution < 1.29 is 37.5 Å². The highest BCUT2D eigenvalue weighted by Crippen LogP contribution is 2.42. The van der Waals surface area contributed by atoms with Crippen LogP contribution >= 0.6 is 0 Å². The number of carbonyl (C=O) groups is 4. The number of primary amides is 1. The highest BCUT2D eigenvalue weighted by atomic mass is 19.4. The van der Waals surface area contributed by atoms with Gasteiger partial charge in [0.15, 0.2) is 11.5 Å². The highest BCUT2D eigenvalue weighted by Gasteiger charge is 2.45. The number of nitrogens with one attached hydrogen (secondary N) is 3. The number of nitrogens with zero attached hydrogens (tertiary/aromatic N) is 2. The normalized spacial score (nSPS) is 19.6. The average Bonchev–Trinajstić information content (AvgIpc) is 3.31. The molecule has 0 atom stereocenters. The Balaban J connectivity index is 1.43. The summed E-state index contributed by atoms with van der Waals surface area (Å²) in [5, 5.41) is 21.1. The fraction of sp³-hybridized carbons (Fsp3) is 0.567. The van der Waals surface area contributed by atoms with E-state index in [1.165, 1.54) is 12.1 Å². The number of alkyl halides is 3. The predicted octanol–water partition coefficient (Wildman–Crippen LogP) is 4.81. The molecule has 1 saturated carbocycles. The lowest BCUT2D eigenvalue weighted by Crippen LogP contribution is -2.40. The molecule has 6 N–H and O–H groups in total. The van der Waals surface area contributed by atoms with Crippen molar-refractivity contribution in [3.05, 3.63) is 40.7 Å². The minimum atomic E-state index is -4.81. The van der Waals surface area contributed by atoms with E-state index in [4.69, 9.17) is 10.8 Å². The van der Waals surface area contributed by atoms with E-state index in [1.54, 1.807) is 6.07 Å². The van der Waals surface area contributed by atoms with Gasteiger partial charge in [-0.1, -0.05) is 20.3 Å². The molecule has 1 fully saturated rings. The van der Waals surface area contributed by atoms with Crippen molar-refractivity contribution in [2.75, 3.05) is 11.9 Å².